The van der Waals surface area contributed by atoms with Gasteiger partial charge in [0.15, 0.2) is 0 Å². The van der Waals surface area contributed by atoms with Crippen LogP contribution in [0.4, 0.5) is 4.79 Å². The Morgan fingerprint density at radius 2 is 1.81 bits per heavy atom. The van der Waals surface area contributed by atoms with Crippen molar-refractivity contribution in [1.29, 1.82) is 0 Å². The molecule has 2 saturated carbocycles. The highest BCUT2D eigenvalue weighted by molar-refractivity contribution is 7.91. The molecule has 1 unspecified atom stereocenters. The van der Waals surface area contributed by atoms with Crippen LogP contribution in [0, 0.1) is 35.0 Å². The molecule has 0 spiro atoms. The number of Topliss-reactive ketones (excluding diaryl/α,β-unsaturated/α-hetero) is 1. The zero-order valence-electron chi connectivity index (χ0n) is 32.3. The van der Waals surface area contributed by atoms with E-state index < -0.39 is 68.6 Å². The first-order valence-electron chi connectivity index (χ1n) is 19.0. The van der Waals surface area contributed by atoms with Crippen molar-refractivity contribution in [3.05, 3.63) is 30.2 Å². The Bertz CT molecular complexity index is 1680. The van der Waals surface area contributed by atoms with Gasteiger partial charge in [0, 0.05) is 39.1 Å². The molecule has 1 saturated heterocycles. The van der Waals surface area contributed by atoms with Crippen LogP contribution in [0.3, 0.4) is 0 Å². The Kier molecular flexibility index (Phi) is 14.5. The third-order valence-corrected chi connectivity index (χ3v) is 14.6. The monoisotopic (exact) mass is 786 g/mol. The molecule has 0 radical (unpaired) electrons. The first-order chi connectivity index (χ1) is 25.4. The van der Waals surface area contributed by atoms with E-state index in [2.05, 4.69) is 33.8 Å². The number of fused-ring (bicyclic) bond motifs is 1. The van der Waals surface area contributed by atoms with E-state index in [1.54, 1.807) is 22.4 Å². The number of carbonyl (C=O) groups is 5. The summed E-state index contributed by atoms with van der Waals surface area (Å²) in [6, 6.07) is -1.08. The zero-order valence-corrected chi connectivity index (χ0v) is 34.0. The van der Waals surface area contributed by atoms with Crippen LogP contribution in [0.15, 0.2) is 34.4 Å². The molecule has 15 heteroatoms. The second-order valence-electron chi connectivity index (χ2n) is 16.4. The van der Waals surface area contributed by atoms with E-state index in [0.717, 1.165) is 49.9 Å². The number of ketones is 1. The van der Waals surface area contributed by atoms with Crippen molar-refractivity contribution in [2.24, 2.45) is 22.7 Å². The molecule has 3 aliphatic rings. The molecular weight excluding hydrogens is 729 g/mol. The van der Waals surface area contributed by atoms with Gasteiger partial charge in [-0.2, -0.15) is 4.31 Å². The first-order valence-corrected chi connectivity index (χ1v) is 21.3. The molecule has 4 rings (SSSR count). The Morgan fingerprint density at radius 1 is 1.11 bits per heavy atom. The molecule has 2 aliphatic carbocycles. The SMILES string of the molecule is C#CCCC(NC(=O)[C@@H]1[C@H]2CCC[C@H]2CN1C(=O)[C@@H](NC(=O)N[C@H](CN(C)S(=O)(=O)c1cccs1)C(C)(C)C)C1(C)CCCCC1)C(=O)C(=O)NCC=C. The number of thiophene rings is 1. The lowest BCUT2D eigenvalue weighted by Crippen LogP contribution is -2.63. The van der Waals surface area contributed by atoms with E-state index in [-0.39, 0.29) is 47.9 Å². The molecule has 1 aliphatic heterocycles. The largest absolute Gasteiger partial charge is 0.346 e. The average molecular weight is 787 g/mol. The van der Waals surface area contributed by atoms with E-state index in [1.165, 1.54) is 17.4 Å². The summed E-state index contributed by atoms with van der Waals surface area (Å²) >= 11 is 1.12. The summed E-state index contributed by atoms with van der Waals surface area (Å²) in [6.45, 7) is 11.7. The first kappa shape index (κ1) is 43.0. The van der Waals surface area contributed by atoms with Gasteiger partial charge in [-0.15, -0.1) is 30.3 Å². The van der Waals surface area contributed by atoms with Crippen molar-refractivity contribution in [3.63, 3.8) is 0 Å². The number of carbonyl (C=O) groups excluding carboxylic acids is 5. The fraction of sp³-hybridized carbons (Fsp3) is 0.667. The highest BCUT2D eigenvalue weighted by Crippen LogP contribution is 2.45. The minimum Gasteiger partial charge on any atom is -0.346 e. The standard InChI is InChI=1S/C39H58N6O7S2/c1-8-10-18-28(32(46)35(48)40-22-9-2)41-34(47)31-27-17-14-16-26(27)24-45(31)36(49)33(39(6)20-12-11-13-21-39)43-37(50)42-29(38(3,4)5)25-44(7)54(51,52)30-19-15-23-53-30/h1,9,15,19,23,26-29,31,33H,2,10-14,16-18,20-22,24-25H2,3-7H3,(H,40,48)(H,41,47)(H2,42,43,50)/t26-,27-,28?,29+,31-,33+/m0/s1. The number of urea groups is 1. The summed E-state index contributed by atoms with van der Waals surface area (Å²) in [5.41, 5.74) is -1.17. The summed E-state index contributed by atoms with van der Waals surface area (Å²) < 4.78 is 28.0. The molecule has 0 aromatic carbocycles. The van der Waals surface area contributed by atoms with Gasteiger partial charge in [0.2, 0.25) is 17.6 Å². The Balaban J connectivity index is 1.60. The molecule has 54 heavy (non-hydrogen) atoms. The van der Waals surface area contributed by atoms with Gasteiger partial charge in [-0.05, 0) is 66.2 Å². The maximum atomic E-state index is 14.9. The Hall–Kier alpha value is -3.74. The Labute approximate surface area is 324 Å². The summed E-state index contributed by atoms with van der Waals surface area (Å²) in [5, 5.41) is 13.0. The van der Waals surface area contributed by atoms with Gasteiger partial charge in [0.05, 0.1) is 6.04 Å². The lowest BCUT2D eigenvalue weighted by Gasteiger charge is -2.43. The van der Waals surface area contributed by atoms with Gasteiger partial charge >= 0.3 is 6.03 Å². The summed E-state index contributed by atoms with van der Waals surface area (Å²) in [7, 11) is -2.30. The lowest BCUT2D eigenvalue weighted by molar-refractivity contribution is -0.145. The highest BCUT2D eigenvalue weighted by atomic mass is 32.2. The fourth-order valence-corrected chi connectivity index (χ4v) is 10.6. The maximum Gasteiger partial charge on any atom is 0.315 e. The van der Waals surface area contributed by atoms with E-state index >= 15 is 0 Å². The van der Waals surface area contributed by atoms with Crippen molar-refractivity contribution in [1.82, 2.24) is 30.5 Å². The van der Waals surface area contributed by atoms with Gasteiger partial charge in [0.1, 0.15) is 16.3 Å². The number of hydrogen-bond donors (Lipinski definition) is 4. The smallest absolute Gasteiger partial charge is 0.315 e. The predicted molar refractivity (Wildman–Crippen MR) is 209 cm³/mol. The third-order valence-electron chi connectivity index (χ3n) is 11.4. The van der Waals surface area contributed by atoms with Crippen LogP contribution in [-0.2, 0) is 29.2 Å². The fourth-order valence-electron chi connectivity index (χ4n) is 8.17. The number of amides is 5. The number of terminal acetylenes is 1. The number of likely N-dealkylation sites (N-methyl/N-ethyl adjacent to an activating group) is 1. The summed E-state index contributed by atoms with van der Waals surface area (Å²) in [6.07, 6.45) is 13.7. The van der Waals surface area contributed by atoms with Gasteiger partial charge in [0.25, 0.3) is 15.9 Å². The van der Waals surface area contributed by atoms with Crippen molar-refractivity contribution in [2.75, 3.05) is 26.7 Å². The van der Waals surface area contributed by atoms with Crippen molar-refractivity contribution in [2.45, 2.75) is 120 Å². The predicted octanol–water partition coefficient (Wildman–Crippen LogP) is 3.82. The normalized spacial score (nSPS) is 22.6. The molecule has 2 heterocycles. The topological polar surface area (TPSA) is 174 Å². The van der Waals surface area contributed by atoms with Crippen molar-refractivity contribution < 1.29 is 32.4 Å². The third kappa shape index (κ3) is 10.1. The number of sulfonamides is 1. The van der Waals surface area contributed by atoms with Crippen molar-refractivity contribution in [3.8, 4) is 12.3 Å². The number of likely N-dealkylation sites (tertiary alicyclic amines) is 1. The number of nitrogens with zero attached hydrogens (tertiary/aromatic N) is 2. The van der Waals surface area contributed by atoms with Crippen molar-refractivity contribution >= 4 is 50.9 Å². The number of rotatable bonds is 16. The quantitative estimate of drug-likeness (QED) is 0.112. The van der Waals surface area contributed by atoms with Crippen LogP contribution in [0.5, 0.6) is 0 Å². The molecule has 6 atom stereocenters. The van der Waals surface area contributed by atoms with E-state index in [9.17, 15) is 32.4 Å². The molecule has 298 valence electrons. The van der Waals surface area contributed by atoms with E-state index in [4.69, 9.17) is 6.42 Å². The Morgan fingerprint density at radius 3 is 2.43 bits per heavy atom. The molecule has 0 bridgehead atoms. The van der Waals surface area contributed by atoms with Gasteiger partial charge < -0.3 is 26.2 Å². The summed E-state index contributed by atoms with van der Waals surface area (Å²) in [4.78, 5) is 70.5. The zero-order chi connectivity index (χ0) is 39.8. The number of hydrogen-bond acceptors (Lipinski definition) is 8. The molecular formula is C39H58N6O7S2. The molecule has 3 fully saturated rings. The minimum absolute atomic E-state index is 0.00403. The molecule has 1 aromatic rings. The summed E-state index contributed by atoms with van der Waals surface area (Å²) in [5.74, 6) is -0.192. The second-order valence-corrected chi connectivity index (χ2v) is 19.6. The highest BCUT2D eigenvalue weighted by Gasteiger charge is 2.53. The minimum atomic E-state index is -3.79. The average Bonchev–Trinajstić information content (AvgIpc) is 3.89. The second kappa shape index (κ2) is 18.3. The van der Waals surface area contributed by atoms with Gasteiger partial charge in [-0.3, -0.25) is 19.2 Å². The molecule has 1 aromatic heterocycles. The van der Waals surface area contributed by atoms with Crippen LogP contribution in [0.25, 0.3) is 0 Å². The molecule has 5 amide bonds. The van der Waals surface area contributed by atoms with Crippen LogP contribution in [0.1, 0.15) is 91.9 Å². The maximum absolute atomic E-state index is 14.9. The van der Waals surface area contributed by atoms with Crippen LogP contribution < -0.4 is 21.3 Å². The lowest BCUT2D eigenvalue weighted by atomic mass is 9.70. The van der Waals surface area contributed by atoms with Gasteiger partial charge in [-0.25, -0.2) is 13.2 Å². The van der Waals surface area contributed by atoms with E-state index in [1.807, 2.05) is 27.7 Å². The number of nitrogens with one attached hydrogen (secondary N) is 4. The van der Waals surface area contributed by atoms with Crippen LogP contribution in [0.2, 0.25) is 0 Å². The van der Waals surface area contributed by atoms with Crippen LogP contribution in [-0.4, -0.2) is 98.0 Å². The molecule has 13 nitrogen and oxygen atoms in total. The van der Waals surface area contributed by atoms with E-state index in [0.29, 0.717) is 19.4 Å². The molecule has 4 N–H and O–H groups in total. The van der Waals surface area contributed by atoms with Gasteiger partial charge in [-0.1, -0.05) is 65.5 Å². The van der Waals surface area contributed by atoms with Crippen LogP contribution >= 0.6 is 11.3 Å².